The van der Waals surface area contributed by atoms with Crippen LogP contribution in [-0.4, -0.2) is 15.3 Å². The number of nitriles is 1. The molecule has 12 heavy (non-hydrogen) atoms. The van der Waals surface area contributed by atoms with Gasteiger partial charge in [0.1, 0.15) is 17.5 Å². The molecule has 0 fully saturated rings. The lowest BCUT2D eigenvalue weighted by molar-refractivity contribution is 0.107. The first-order valence-electron chi connectivity index (χ1n) is 2.94. The number of rotatable bonds is 1. The highest BCUT2D eigenvalue weighted by atomic mass is 35.5. The Hall–Kier alpha value is -1.60. The molecule has 0 amide bonds. The van der Waals surface area contributed by atoms with Crippen LogP contribution in [0.15, 0.2) is 12.3 Å². The molecule has 0 saturated heterocycles. The summed E-state index contributed by atoms with van der Waals surface area (Å²) in [4.78, 5) is 14.1. The SMILES string of the molecule is N#Cc1cc(O)cnc1C(=O)Cl. The largest absolute Gasteiger partial charge is 0.506 e. The molecule has 0 aromatic carbocycles. The molecule has 1 heterocycles. The van der Waals surface area contributed by atoms with E-state index in [9.17, 15) is 4.79 Å². The normalized spacial score (nSPS) is 9.00. The van der Waals surface area contributed by atoms with Crippen molar-refractivity contribution in [3.63, 3.8) is 0 Å². The lowest BCUT2D eigenvalue weighted by Crippen LogP contribution is -1.97. The van der Waals surface area contributed by atoms with Gasteiger partial charge in [-0.15, -0.1) is 0 Å². The quantitative estimate of drug-likeness (QED) is 0.659. The molecule has 0 radical (unpaired) electrons. The second kappa shape index (κ2) is 3.20. The van der Waals surface area contributed by atoms with Crippen LogP contribution in [0, 0.1) is 11.3 Å². The Morgan fingerprint density at radius 3 is 2.92 bits per heavy atom. The molecule has 1 N–H and O–H groups in total. The minimum absolute atomic E-state index is 0.0324. The van der Waals surface area contributed by atoms with E-state index in [1.807, 2.05) is 0 Å². The number of carbonyl (C=O) groups is 1. The van der Waals surface area contributed by atoms with Crippen LogP contribution in [0.2, 0.25) is 0 Å². The van der Waals surface area contributed by atoms with Gasteiger partial charge in [0, 0.05) is 6.07 Å². The molecule has 0 spiro atoms. The summed E-state index contributed by atoms with van der Waals surface area (Å²) in [6, 6.07) is 2.82. The maximum atomic E-state index is 10.6. The van der Waals surface area contributed by atoms with Crippen LogP contribution in [0.5, 0.6) is 5.75 Å². The van der Waals surface area contributed by atoms with Crippen LogP contribution in [0.25, 0.3) is 0 Å². The summed E-state index contributed by atoms with van der Waals surface area (Å²) in [7, 11) is 0. The minimum atomic E-state index is -0.813. The second-order valence-electron chi connectivity index (χ2n) is 1.98. The molecule has 60 valence electrons. The van der Waals surface area contributed by atoms with Crippen molar-refractivity contribution in [3.8, 4) is 11.8 Å². The zero-order valence-electron chi connectivity index (χ0n) is 5.78. The van der Waals surface area contributed by atoms with E-state index in [0.717, 1.165) is 12.3 Å². The first-order valence-corrected chi connectivity index (χ1v) is 3.32. The number of nitrogens with zero attached hydrogens (tertiary/aromatic N) is 2. The lowest BCUT2D eigenvalue weighted by atomic mass is 10.2. The Morgan fingerprint density at radius 1 is 1.75 bits per heavy atom. The highest BCUT2D eigenvalue weighted by molar-refractivity contribution is 6.67. The van der Waals surface area contributed by atoms with Gasteiger partial charge < -0.3 is 5.11 Å². The van der Waals surface area contributed by atoms with Crippen LogP contribution in [0.3, 0.4) is 0 Å². The monoisotopic (exact) mass is 182 g/mol. The minimum Gasteiger partial charge on any atom is -0.506 e. The molecule has 0 saturated carbocycles. The number of hydrogen-bond acceptors (Lipinski definition) is 4. The number of halogens is 1. The summed E-state index contributed by atoms with van der Waals surface area (Å²) < 4.78 is 0. The summed E-state index contributed by atoms with van der Waals surface area (Å²) in [5, 5.41) is 16.5. The molecule has 1 aromatic rings. The lowest BCUT2D eigenvalue weighted by Gasteiger charge is -1.96. The van der Waals surface area contributed by atoms with E-state index in [1.165, 1.54) is 0 Å². The van der Waals surface area contributed by atoms with E-state index in [4.69, 9.17) is 22.0 Å². The Morgan fingerprint density at radius 2 is 2.42 bits per heavy atom. The van der Waals surface area contributed by atoms with Gasteiger partial charge in [-0.25, -0.2) is 4.98 Å². The summed E-state index contributed by atoms with van der Waals surface area (Å²) in [5.41, 5.74) is -0.174. The van der Waals surface area contributed by atoms with E-state index >= 15 is 0 Å². The maximum absolute atomic E-state index is 10.6. The van der Waals surface area contributed by atoms with Gasteiger partial charge in [0.2, 0.25) is 0 Å². The Balaban J connectivity index is 3.32. The standard InChI is InChI=1S/C7H3ClN2O2/c8-7(12)6-4(2-9)1-5(11)3-10-6/h1,3,11H. The van der Waals surface area contributed by atoms with Crippen molar-refractivity contribution < 1.29 is 9.90 Å². The molecule has 4 nitrogen and oxygen atoms in total. The number of aromatic nitrogens is 1. The first-order chi connectivity index (χ1) is 5.65. The van der Waals surface area contributed by atoms with Gasteiger partial charge in [-0.1, -0.05) is 0 Å². The fourth-order valence-corrected chi connectivity index (χ4v) is 0.846. The summed E-state index contributed by atoms with van der Waals surface area (Å²) >= 11 is 5.11. The van der Waals surface area contributed by atoms with Gasteiger partial charge in [-0.3, -0.25) is 4.79 Å². The van der Waals surface area contributed by atoms with Crippen molar-refractivity contribution in [2.24, 2.45) is 0 Å². The molecule has 5 heteroatoms. The summed E-state index contributed by atoms with van der Waals surface area (Å²) in [5.74, 6) is -0.173. The van der Waals surface area contributed by atoms with Crippen molar-refractivity contribution >= 4 is 16.8 Å². The number of aromatic hydroxyl groups is 1. The molecule has 1 rings (SSSR count). The van der Waals surface area contributed by atoms with Crippen molar-refractivity contribution in [2.75, 3.05) is 0 Å². The van der Waals surface area contributed by atoms with Crippen LogP contribution >= 0.6 is 11.6 Å². The first kappa shape index (κ1) is 8.50. The van der Waals surface area contributed by atoms with Crippen LogP contribution in [0.4, 0.5) is 0 Å². The van der Waals surface area contributed by atoms with Crippen molar-refractivity contribution in [3.05, 3.63) is 23.5 Å². The highest BCUT2D eigenvalue weighted by Crippen LogP contribution is 2.13. The van der Waals surface area contributed by atoms with Crippen molar-refractivity contribution in [1.29, 1.82) is 5.26 Å². The zero-order valence-corrected chi connectivity index (χ0v) is 6.54. The maximum Gasteiger partial charge on any atom is 0.272 e. The van der Waals surface area contributed by atoms with E-state index in [-0.39, 0.29) is 17.0 Å². The predicted molar refractivity (Wildman–Crippen MR) is 40.8 cm³/mol. The average molecular weight is 183 g/mol. The fourth-order valence-electron chi connectivity index (χ4n) is 0.696. The average Bonchev–Trinajstić information content (AvgIpc) is 2.03. The molecule has 0 atom stereocenters. The highest BCUT2D eigenvalue weighted by Gasteiger charge is 2.10. The zero-order chi connectivity index (χ0) is 9.14. The van der Waals surface area contributed by atoms with Gasteiger partial charge in [-0.2, -0.15) is 5.26 Å². The van der Waals surface area contributed by atoms with Gasteiger partial charge in [-0.05, 0) is 11.6 Å². The molecular formula is C7H3ClN2O2. The van der Waals surface area contributed by atoms with Gasteiger partial charge in [0.15, 0.2) is 0 Å². The van der Waals surface area contributed by atoms with Crippen LogP contribution < -0.4 is 0 Å². The number of hydrogen-bond donors (Lipinski definition) is 1. The number of carbonyl (C=O) groups excluding carboxylic acids is 1. The van der Waals surface area contributed by atoms with E-state index in [0.29, 0.717) is 0 Å². The Kier molecular flexibility index (Phi) is 2.26. The molecule has 0 aliphatic rings. The molecule has 0 aliphatic heterocycles. The summed E-state index contributed by atoms with van der Waals surface area (Å²) in [6.45, 7) is 0. The third-order valence-electron chi connectivity index (χ3n) is 1.18. The van der Waals surface area contributed by atoms with Gasteiger partial charge >= 0.3 is 0 Å². The van der Waals surface area contributed by atoms with Gasteiger partial charge in [0.25, 0.3) is 5.24 Å². The summed E-state index contributed by atoms with van der Waals surface area (Å²) in [6.07, 6.45) is 1.05. The third-order valence-corrected chi connectivity index (χ3v) is 1.36. The number of pyridine rings is 1. The Labute approximate surface area is 73.0 Å². The molecule has 0 aliphatic carbocycles. The van der Waals surface area contributed by atoms with E-state index in [2.05, 4.69) is 4.98 Å². The van der Waals surface area contributed by atoms with Crippen molar-refractivity contribution in [2.45, 2.75) is 0 Å². The molecular weight excluding hydrogens is 180 g/mol. The van der Waals surface area contributed by atoms with E-state index < -0.39 is 5.24 Å². The third kappa shape index (κ3) is 1.52. The van der Waals surface area contributed by atoms with E-state index in [1.54, 1.807) is 6.07 Å². The van der Waals surface area contributed by atoms with Gasteiger partial charge in [0.05, 0.1) is 11.8 Å². The smallest absolute Gasteiger partial charge is 0.272 e. The topological polar surface area (TPSA) is 74.0 Å². The Bertz CT molecular complexity index is 370. The van der Waals surface area contributed by atoms with Crippen LogP contribution in [0.1, 0.15) is 16.1 Å². The van der Waals surface area contributed by atoms with Crippen LogP contribution in [-0.2, 0) is 0 Å². The second-order valence-corrected chi connectivity index (χ2v) is 2.32. The van der Waals surface area contributed by atoms with Crippen molar-refractivity contribution in [1.82, 2.24) is 4.98 Å². The predicted octanol–water partition coefficient (Wildman–Crippen LogP) is 1.04. The fraction of sp³-hybridized carbons (Fsp3) is 0. The molecule has 1 aromatic heterocycles. The molecule has 0 unspecified atom stereocenters. The molecule has 0 bridgehead atoms.